The Kier molecular flexibility index (Phi) is 6.64. The van der Waals surface area contributed by atoms with Crippen molar-refractivity contribution in [3.63, 3.8) is 0 Å². The van der Waals surface area contributed by atoms with Crippen molar-refractivity contribution in [2.24, 2.45) is 5.92 Å². The fourth-order valence-corrected chi connectivity index (χ4v) is 6.08. The molecule has 0 bridgehead atoms. The Balaban J connectivity index is 1.13. The van der Waals surface area contributed by atoms with Crippen molar-refractivity contribution in [1.29, 1.82) is 0 Å². The quantitative estimate of drug-likeness (QED) is 0.277. The van der Waals surface area contributed by atoms with E-state index in [2.05, 4.69) is 60.0 Å². The number of carbonyl (C=O) groups is 1. The molecule has 0 spiro atoms. The van der Waals surface area contributed by atoms with Gasteiger partial charge in [0.2, 0.25) is 0 Å². The van der Waals surface area contributed by atoms with Gasteiger partial charge in [0, 0.05) is 31.3 Å². The third-order valence-corrected chi connectivity index (χ3v) is 8.37. The lowest BCUT2D eigenvalue weighted by atomic mass is 9.93. The zero-order chi connectivity index (χ0) is 28.8. The molecule has 5 aromatic rings. The van der Waals surface area contributed by atoms with Gasteiger partial charge in [-0.3, -0.25) is 14.1 Å². The van der Waals surface area contributed by atoms with Gasteiger partial charge >= 0.3 is 5.97 Å². The Morgan fingerprint density at radius 1 is 0.929 bits per heavy atom. The number of rotatable bonds is 6. The van der Waals surface area contributed by atoms with Crippen LogP contribution in [0.15, 0.2) is 85.2 Å². The maximum atomic E-state index is 11.3. The van der Waals surface area contributed by atoms with Crippen LogP contribution in [-0.2, 0) is 11.3 Å². The number of carboxylic acid groups (broad SMARTS) is 1. The summed E-state index contributed by atoms with van der Waals surface area (Å²) in [5.41, 5.74) is 9.55. The number of fused-ring (bicyclic) bond motifs is 2. The predicted octanol–water partition coefficient (Wildman–Crippen LogP) is 5.64. The van der Waals surface area contributed by atoms with E-state index in [1.165, 1.54) is 5.56 Å². The topological polar surface area (TPSA) is 96.5 Å². The van der Waals surface area contributed by atoms with Crippen LogP contribution in [0.5, 0.6) is 11.5 Å². The standard InChI is InChI=1S/C34H31N3O5/c1-21-27(24-9-10-30-31(15-24)42-14-13-41-30)3-2-4-28(21)25-11-12-37-29(18-35-32(37)16-25)23-7-5-22(6-8-23)19-36-20-26(34(39)40)17-33(36)38/h2-12,15-16,18,26,33,38H,13-14,17,19-20H2,1H3,(H,39,40). The first-order chi connectivity index (χ1) is 20.4. The maximum absolute atomic E-state index is 11.3. The molecule has 2 unspecified atom stereocenters. The van der Waals surface area contributed by atoms with Crippen LogP contribution in [0, 0.1) is 12.8 Å². The second-order valence-corrected chi connectivity index (χ2v) is 11.0. The average molecular weight is 562 g/mol. The number of nitrogens with zero attached hydrogens (tertiary/aromatic N) is 3. The van der Waals surface area contributed by atoms with Crippen molar-refractivity contribution >= 4 is 11.6 Å². The molecular formula is C34H31N3O5. The Labute approximate surface area is 243 Å². The molecule has 2 aromatic heterocycles. The average Bonchev–Trinajstić information content (AvgIpc) is 3.60. The van der Waals surface area contributed by atoms with Gasteiger partial charge in [0.1, 0.15) is 25.1 Å². The monoisotopic (exact) mass is 561 g/mol. The van der Waals surface area contributed by atoms with Gasteiger partial charge < -0.3 is 19.7 Å². The molecule has 8 nitrogen and oxygen atoms in total. The number of ether oxygens (including phenoxy) is 2. The van der Waals surface area contributed by atoms with Crippen LogP contribution in [0.3, 0.4) is 0 Å². The molecule has 3 aromatic carbocycles. The van der Waals surface area contributed by atoms with Crippen LogP contribution in [0.25, 0.3) is 39.2 Å². The number of hydrogen-bond donors (Lipinski definition) is 2. The van der Waals surface area contributed by atoms with Gasteiger partial charge in [-0.2, -0.15) is 0 Å². The molecule has 2 N–H and O–H groups in total. The van der Waals surface area contributed by atoms with E-state index in [1.807, 2.05) is 41.4 Å². The molecule has 212 valence electrons. The molecule has 0 aliphatic carbocycles. The number of aliphatic hydroxyl groups is 1. The molecule has 0 amide bonds. The fourth-order valence-electron chi connectivity index (χ4n) is 6.08. The van der Waals surface area contributed by atoms with Crippen molar-refractivity contribution in [3.05, 3.63) is 96.3 Å². The number of benzene rings is 3. The molecule has 0 radical (unpaired) electrons. The normalized spacial score (nSPS) is 18.4. The van der Waals surface area contributed by atoms with Crippen molar-refractivity contribution in [2.75, 3.05) is 19.8 Å². The summed E-state index contributed by atoms with van der Waals surface area (Å²) in [7, 11) is 0. The zero-order valence-electron chi connectivity index (χ0n) is 23.2. The van der Waals surface area contributed by atoms with Gasteiger partial charge in [-0.1, -0.05) is 48.5 Å². The Bertz CT molecular complexity index is 1800. The van der Waals surface area contributed by atoms with E-state index in [1.54, 1.807) is 0 Å². The van der Waals surface area contributed by atoms with Crippen LogP contribution >= 0.6 is 0 Å². The molecule has 2 aliphatic heterocycles. The molecule has 4 heterocycles. The van der Waals surface area contributed by atoms with Gasteiger partial charge in [0.05, 0.1) is 17.8 Å². The van der Waals surface area contributed by atoms with E-state index in [9.17, 15) is 15.0 Å². The van der Waals surface area contributed by atoms with E-state index in [4.69, 9.17) is 14.5 Å². The highest BCUT2D eigenvalue weighted by Gasteiger charge is 2.34. The lowest BCUT2D eigenvalue weighted by Gasteiger charge is -2.20. The lowest BCUT2D eigenvalue weighted by Crippen LogP contribution is -2.29. The van der Waals surface area contributed by atoms with Gasteiger partial charge in [0.25, 0.3) is 0 Å². The number of aromatic nitrogens is 2. The van der Waals surface area contributed by atoms with E-state index in [-0.39, 0.29) is 6.42 Å². The lowest BCUT2D eigenvalue weighted by molar-refractivity contribution is -0.141. The predicted molar refractivity (Wildman–Crippen MR) is 159 cm³/mol. The van der Waals surface area contributed by atoms with Crippen molar-refractivity contribution in [1.82, 2.24) is 14.3 Å². The number of pyridine rings is 1. The second-order valence-electron chi connectivity index (χ2n) is 11.0. The Morgan fingerprint density at radius 3 is 2.38 bits per heavy atom. The summed E-state index contributed by atoms with van der Waals surface area (Å²) < 4.78 is 13.6. The largest absolute Gasteiger partial charge is 0.486 e. The van der Waals surface area contributed by atoms with Crippen LogP contribution in [-0.4, -0.2) is 56.5 Å². The highest BCUT2D eigenvalue weighted by atomic mass is 16.6. The van der Waals surface area contributed by atoms with E-state index in [0.717, 1.165) is 56.2 Å². The van der Waals surface area contributed by atoms with Crippen LogP contribution in [0.1, 0.15) is 17.5 Å². The van der Waals surface area contributed by atoms with E-state index in [0.29, 0.717) is 26.3 Å². The summed E-state index contributed by atoms with van der Waals surface area (Å²) >= 11 is 0. The molecule has 1 saturated heterocycles. The summed E-state index contributed by atoms with van der Waals surface area (Å²) in [5.74, 6) is 0.184. The third-order valence-electron chi connectivity index (χ3n) is 8.37. The first-order valence-electron chi connectivity index (χ1n) is 14.2. The van der Waals surface area contributed by atoms with Gasteiger partial charge in [0.15, 0.2) is 11.5 Å². The summed E-state index contributed by atoms with van der Waals surface area (Å²) in [6.45, 7) is 4.14. The Hall–Kier alpha value is -4.66. The second kappa shape index (κ2) is 10.6. The molecular weight excluding hydrogens is 530 g/mol. The number of aliphatic hydroxyl groups excluding tert-OH is 1. The van der Waals surface area contributed by atoms with E-state index < -0.39 is 18.1 Å². The minimum atomic E-state index is -0.856. The zero-order valence-corrected chi connectivity index (χ0v) is 23.2. The SMILES string of the molecule is Cc1c(-c2ccc3c(c2)OCCO3)cccc1-c1ccn2c(-c3ccc(CN4CC(C(=O)O)CC4O)cc3)cnc2c1. The summed E-state index contributed by atoms with van der Waals surface area (Å²) in [6.07, 6.45) is 3.47. The molecule has 8 heteroatoms. The number of imidazole rings is 1. The van der Waals surface area contributed by atoms with Gasteiger partial charge in [-0.15, -0.1) is 0 Å². The molecule has 42 heavy (non-hydrogen) atoms. The van der Waals surface area contributed by atoms with Crippen LogP contribution < -0.4 is 9.47 Å². The van der Waals surface area contributed by atoms with Gasteiger partial charge in [-0.25, -0.2) is 4.98 Å². The summed E-state index contributed by atoms with van der Waals surface area (Å²) in [6, 6.07) is 24.8. The minimum Gasteiger partial charge on any atom is -0.486 e. The smallest absolute Gasteiger partial charge is 0.307 e. The van der Waals surface area contributed by atoms with Crippen molar-refractivity contribution < 1.29 is 24.5 Å². The number of aliphatic carboxylic acids is 1. The Morgan fingerprint density at radius 2 is 1.64 bits per heavy atom. The van der Waals surface area contributed by atoms with E-state index >= 15 is 0 Å². The highest BCUT2D eigenvalue weighted by Crippen LogP contribution is 2.38. The number of carboxylic acids is 1. The van der Waals surface area contributed by atoms with Crippen molar-refractivity contribution in [2.45, 2.75) is 26.1 Å². The molecule has 7 rings (SSSR count). The highest BCUT2D eigenvalue weighted by molar-refractivity contribution is 5.81. The first kappa shape index (κ1) is 26.3. The molecule has 2 aliphatic rings. The number of hydrogen-bond acceptors (Lipinski definition) is 6. The first-order valence-corrected chi connectivity index (χ1v) is 14.2. The fraction of sp³-hybridized carbons (Fsp3) is 0.235. The molecule has 0 saturated carbocycles. The minimum absolute atomic E-state index is 0.263. The van der Waals surface area contributed by atoms with Gasteiger partial charge in [-0.05, 0) is 64.6 Å². The number of likely N-dealkylation sites (tertiary alicyclic amines) is 1. The van der Waals surface area contributed by atoms with Crippen molar-refractivity contribution in [3.8, 4) is 45.0 Å². The summed E-state index contributed by atoms with van der Waals surface area (Å²) in [4.78, 5) is 17.8. The van der Waals surface area contributed by atoms with Crippen LogP contribution in [0.4, 0.5) is 0 Å². The molecule has 1 fully saturated rings. The van der Waals surface area contributed by atoms with Crippen LogP contribution in [0.2, 0.25) is 0 Å². The molecule has 2 atom stereocenters. The third kappa shape index (κ3) is 4.78. The maximum Gasteiger partial charge on any atom is 0.307 e. The summed E-state index contributed by atoms with van der Waals surface area (Å²) in [5, 5.41) is 19.6.